The molecule has 4 nitrogen and oxygen atoms in total. The maximum Gasteiger partial charge on any atom is 0.120 e. The van der Waals surface area contributed by atoms with Crippen LogP contribution in [0.15, 0.2) is 18.2 Å². The Labute approximate surface area is 114 Å². The van der Waals surface area contributed by atoms with Crippen molar-refractivity contribution < 1.29 is 9.84 Å². The normalized spacial score (nSPS) is 29.6. The molecule has 0 spiro atoms. The van der Waals surface area contributed by atoms with Gasteiger partial charge in [-0.05, 0) is 37.3 Å². The molecule has 19 heavy (non-hydrogen) atoms. The van der Waals surface area contributed by atoms with Crippen molar-refractivity contribution in [3.05, 3.63) is 23.8 Å². The van der Waals surface area contributed by atoms with E-state index in [4.69, 9.17) is 10.5 Å². The number of ether oxygens (including phenoxy) is 1. The fourth-order valence-corrected chi connectivity index (χ4v) is 3.63. The van der Waals surface area contributed by atoms with E-state index >= 15 is 0 Å². The number of nitrogens with two attached hydrogens (primary N) is 1. The highest BCUT2D eigenvalue weighted by atomic mass is 16.5. The number of nitrogens with zero attached hydrogens (tertiary/aromatic N) is 1. The van der Waals surface area contributed by atoms with Gasteiger partial charge in [-0.15, -0.1) is 0 Å². The molecule has 2 aliphatic heterocycles. The summed E-state index contributed by atoms with van der Waals surface area (Å²) < 4.78 is 5.34. The predicted molar refractivity (Wildman–Crippen MR) is 75.4 cm³/mol. The maximum atomic E-state index is 9.91. The molecule has 1 aromatic rings. The highest BCUT2D eigenvalue weighted by Crippen LogP contribution is 2.41. The zero-order chi connectivity index (χ0) is 13.4. The van der Waals surface area contributed by atoms with E-state index in [9.17, 15) is 5.11 Å². The van der Waals surface area contributed by atoms with E-state index in [2.05, 4.69) is 17.0 Å². The number of anilines is 1. The van der Waals surface area contributed by atoms with E-state index in [1.807, 2.05) is 6.07 Å². The van der Waals surface area contributed by atoms with Gasteiger partial charge in [-0.1, -0.05) is 6.07 Å². The van der Waals surface area contributed by atoms with Crippen LogP contribution in [0.2, 0.25) is 0 Å². The third-order valence-electron chi connectivity index (χ3n) is 4.50. The summed E-state index contributed by atoms with van der Waals surface area (Å²) in [5.41, 5.74) is 8.23. The lowest BCUT2D eigenvalue weighted by Crippen LogP contribution is -2.45. The van der Waals surface area contributed by atoms with Crippen LogP contribution in [0.1, 0.15) is 31.2 Å². The Morgan fingerprint density at radius 2 is 2.00 bits per heavy atom. The Morgan fingerprint density at radius 3 is 2.58 bits per heavy atom. The number of rotatable bonds is 3. The molecule has 104 valence electrons. The van der Waals surface area contributed by atoms with Crippen molar-refractivity contribution in [1.29, 1.82) is 0 Å². The monoisotopic (exact) mass is 262 g/mol. The first-order valence-electron chi connectivity index (χ1n) is 7.06. The van der Waals surface area contributed by atoms with Gasteiger partial charge >= 0.3 is 0 Å². The van der Waals surface area contributed by atoms with Crippen LogP contribution in [0.5, 0.6) is 5.75 Å². The van der Waals surface area contributed by atoms with Gasteiger partial charge < -0.3 is 20.5 Å². The van der Waals surface area contributed by atoms with Crippen LogP contribution in [0.3, 0.4) is 0 Å². The molecule has 0 aromatic heterocycles. The highest BCUT2D eigenvalue weighted by Gasteiger charge is 2.40. The predicted octanol–water partition coefficient (Wildman–Crippen LogP) is 1.65. The van der Waals surface area contributed by atoms with Crippen LogP contribution in [-0.2, 0) is 6.54 Å². The van der Waals surface area contributed by atoms with Gasteiger partial charge in [0.25, 0.3) is 0 Å². The maximum absolute atomic E-state index is 9.91. The molecule has 2 saturated heterocycles. The molecule has 2 fully saturated rings. The summed E-state index contributed by atoms with van der Waals surface area (Å²) in [6.07, 6.45) is 3.95. The first-order valence-corrected chi connectivity index (χ1v) is 7.06. The van der Waals surface area contributed by atoms with E-state index in [-0.39, 0.29) is 6.10 Å². The Morgan fingerprint density at radius 1 is 1.32 bits per heavy atom. The highest BCUT2D eigenvalue weighted by molar-refractivity contribution is 5.60. The molecular formula is C15H22N2O2. The number of benzene rings is 1. The second kappa shape index (κ2) is 5.02. The summed E-state index contributed by atoms with van der Waals surface area (Å²) in [4.78, 5) is 2.47. The second-order valence-corrected chi connectivity index (χ2v) is 5.62. The quantitative estimate of drug-likeness (QED) is 0.869. The molecule has 4 heteroatoms. The van der Waals surface area contributed by atoms with Crippen molar-refractivity contribution in [3.63, 3.8) is 0 Å². The first-order chi connectivity index (χ1) is 9.22. The lowest BCUT2D eigenvalue weighted by molar-refractivity contribution is 0.126. The average Bonchev–Trinajstić information content (AvgIpc) is 2.70. The molecule has 2 aliphatic rings. The molecule has 1 aromatic carbocycles. The van der Waals surface area contributed by atoms with Gasteiger partial charge in [-0.2, -0.15) is 0 Å². The van der Waals surface area contributed by atoms with Gasteiger partial charge in [0, 0.05) is 30.4 Å². The molecule has 0 aliphatic carbocycles. The van der Waals surface area contributed by atoms with Crippen molar-refractivity contribution >= 4 is 5.69 Å². The van der Waals surface area contributed by atoms with Crippen LogP contribution < -0.4 is 15.4 Å². The Kier molecular flexibility index (Phi) is 3.37. The zero-order valence-corrected chi connectivity index (χ0v) is 11.4. The minimum absolute atomic E-state index is 0.138. The molecule has 2 bridgehead atoms. The van der Waals surface area contributed by atoms with E-state index in [1.165, 1.54) is 18.5 Å². The summed E-state index contributed by atoms with van der Waals surface area (Å²) in [7, 11) is 1.69. The minimum atomic E-state index is -0.138. The Hall–Kier alpha value is -1.26. The smallest absolute Gasteiger partial charge is 0.120 e. The van der Waals surface area contributed by atoms with Crippen molar-refractivity contribution in [2.75, 3.05) is 12.0 Å². The molecule has 0 saturated carbocycles. The molecule has 0 amide bonds. The van der Waals surface area contributed by atoms with Crippen molar-refractivity contribution in [2.24, 2.45) is 5.73 Å². The molecule has 2 heterocycles. The van der Waals surface area contributed by atoms with Gasteiger partial charge in [-0.3, -0.25) is 0 Å². The molecule has 2 unspecified atom stereocenters. The van der Waals surface area contributed by atoms with Crippen molar-refractivity contribution in [2.45, 2.75) is 50.4 Å². The summed E-state index contributed by atoms with van der Waals surface area (Å²) in [6, 6.07) is 7.01. The molecule has 0 radical (unpaired) electrons. The van der Waals surface area contributed by atoms with Gasteiger partial charge in [0.1, 0.15) is 5.75 Å². The Bertz CT molecular complexity index is 449. The lowest BCUT2D eigenvalue weighted by atomic mass is 9.97. The van der Waals surface area contributed by atoms with Gasteiger partial charge in [0.05, 0.1) is 13.2 Å². The van der Waals surface area contributed by atoms with Gasteiger partial charge in [-0.25, -0.2) is 0 Å². The fourth-order valence-electron chi connectivity index (χ4n) is 3.63. The molecular weight excluding hydrogens is 240 g/mol. The van der Waals surface area contributed by atoms with Crippen molar-refractivity contribution in [3.8, 4) is 5.75 Å². The number of piperidine rings is 1. The van der Waals surface area contributed by atoms with Gasteiger partial charge in [0.2, 0.25) is 0 Å². The van der Waals surface area contributed by atoms with Gasteiger partial charge in [0.15, 0.2) is 0 Å². The number of methoxy groups -OCH3 is 1. The zero-order valence-electron chi connectivity index (χ0n) is 11.4. The minimum Gasteiger partial charge on any atom is -0.497 e. The number of hydrogen-bond acceptors (Lipinski definition) is 4. The van der Waals surface area contributed by atoms with Crippen LogP contribution in [0.25, 0.3) is 0 Å². The topological polar surface area (TPSA) is 58.7 Å². The molecule has 3 rings (SSSR count). The van der Waals surface area contributed by atoms with E-state index in [0.29, 0.717) is 18.6 Å². The number of hydrogen-bond donors (Lipinski definition) is 2. The lowest BCUT2D eigenvalue weighted by Gasteiger charge is -2.40. The van der Waals surface area contributed by atoms with Crippen LogP contribution >= 0.6 is 0 Å². The third-order valence-corrected chi connectivity index (χ3v) is 4.50. The van der Waals surface area contributed by atoms with Crippen molar-refractivity contribution in [1.82, 2.24) is 0 Å². The Balaban J connectivity index is 1.97. The van der Waals surface area contributed by atoms with Crippen LogP contribution in [0, 0.1) is 0 Å². The van der Waals surface area contributed by atoms with E-state index < -0.39 is 0 Å². The van der Waals surface area contributed by atoms with E-state index in [1.54, 1.807) is 7.11 Å². The number of aliphatic hydroxyl groups excluding tert-OH is 1. The SMILES string of the molecule is COc1ccc(CN)c(N2C3CCC2CC(O)C3)c1. The standard InChI is InChI=1S/C15H22N2O2/c1-19-14-5-2-10(9-16)15(8-14)17-11-3-4-12(17)7-13(18)6-11/h2,5,8,11-13,18H,3-4,6-7,9,16H2,1H3. The summed E-state index contributed by atoms with van der Waals surface area (Å²) in [6.45, 7) is 0.540. The largest absolute Gasteiger partial charge is 0.497 e. The van der Waals surface area contributed by atoms with Crippen LogP contribution in [0.4, 0.5) is 5.69 Å². The van der Waals surface area contributed by atoms with Crippen LogP contribution in [-0.4, -0.2) is 30.4 Å². The number of aliphatic hydroxyl groups is 1. The third kappa shape index (κ3) is 2.19. The first kappa shape index (κ1) is 12.8. The molecule has 3 N–H and O–H groups in total. The molecule has 2 atom stereocenters. The number of fused-ring (bicyclic) bond motifs is 2. The summed E-state index contributed by atoms with van der Waals surface area (Å²) >= 11 is 0. The summed E-state index contributed by atoms with van der Waals surface area (Å²) in [5, 5.41) is 9.91. The second-order valence-electron chi connectivity index (χ2n) is 5.62. The van der Waals surface area contributed by atoms with E-state index in [0.717, 1.165) is 24.2 Å². The summed E-state index contributed by atoms with van der Waals surface area (Å²) in [5.74, 6) is 0.873. The fraction of sp³-hybridized carbons (Fsp3) is 0.600. The average molecular weight is 262 g/mol.